The molecule has 4 nitrogen and oxygen atoms in total. The van der Waals surface area contributed by atoms with Crippen LogP contribution in [0.5, 0.6) is 0 Å². The monoisotopic (exact) mass is 358 g/mol. The summed E-state index contributed by atoms with van der Waals surface area (Å²) in [6, 6.07) is 15.3. The molecule has 1 heterocycles. The zero-order valence-corrected chi connectivity index (χ0v) is 14.6. The van der Waals surface area contributed by atoms with Gasteiger partial charge < -0.3 is 4.84 Å². The van der Waals surface area contributed by atoms with E-state index in [9.17, 15) is 4.79 Å². The van der Waals surface area contributed by atoms with Crippen molar-refractivity contribution in [2.75, 3.05) is 0 Å². The molecule has 4 rings (SSSR count). The Balaban J connectivity index is 1.56. The number of rotatable bonds is 3. The summed E-state index contributed by atoms with van der Waals surface area (Å²) in [5.41, 5.74) is 3.14. The highest BCUT2D eigenvalue weighted by Gasteiger charge is 2.19. The molecule has 2 aromatic carbocycles. The minimum absolute atomic E-state index is 0.546. The molecule has 0 N–H and O–H groups in total. The summed E-state index contributed by atoms with van der Waals surface area (Å²) >= 11 is 4.27. The average molecular weight is 358 g/mol. The zero-order valence-electron chi connectivity index (χ0n) is 13.7. The summed E-state index contributed by atoms with van der Waals surface area (Å²) in [7, 11) is 0. The molecule has 0 saturated carbocycles. The number of allylic oxidation sites excluding steroid dienone is 4. The summed E-state index contributed by atoms with van der Waals surface area (Å²) in [5.74, 6) is -0.546. The van der Waals surface area contributed by atoms with Crippen LogP contribution < -0.4 is 10.6 Å². The molecule has 0 bridgehead atoms. The third kappa shape index (κ3) is 3.30. The van der Waals surface area contributed by atoms with Gasteiger partial charge in [-0.25, -0.2) is 9.79 Å². The number of oxime groups is 1. The normalized spacial score (nSPS) is 16.3. The molecule has 0 fully saturated rings. The van der Waals surface area contributed by atoms with Gasteiger partial charge >= 0.3 is 5.97 Å². The van der Waals surface area contributed by atoms with E-state index < -0.39 is 5.97 Å². The molecule has 5 heteroatoms. The Morgan fingerprint density at radius 3 is 2.92 bits per heavy atom. The number of thiol groups is 1. The Morgan fingerprint density at radius 2 is 2.04 bits per heavy atom. The van der Waals surface area contributed by atoms with E-state index in [1.165, 1.54) is 6.08 Å². The predicted octanol–water partition coefficient (Wildman–Crippen LogP) is 2.83. The third-order valence-electron chi connectivity index (χ3n) is 3.95. The van der Waals surface area contributed by atoms with Gasteiger partial charge in [0, 0.05) is 21.8 Å². The van der Waals surface area contributed by atoms with Crippen molar-refractivity contribution in [1.82, 2.24) is 0 Å². The van der Waals surface area contributed by atoms with E-state index in [2.05, 4.69) is 22.8 Å². The van der Waals surface area contributed by atoms with Crippen molar-refractivity contribution in [1.29, 1.82) is 0 Å². The molecule has 0 amide bonds. The fraction of sp³-hybridized carbons (Fsp3) is 0. The lowest BCUT2D eigenvalue weighted by molar-refractivity contribution is -0.137. The fourth-order valence-electron chi connectivity index (χ4n) is 2.80. The standard InChI is InChI=1S/C21H14N2O2S/c24-20(12-11-14-5-3-6-15(26)13-14)25-23-19-10-4-9-18-21(19)16-7-1-2-8-17(16)22-18/h1-13,26H. The second kappa shape index (κ2) is 6.98. The maximum atomic E-state index is 12.0. The molecule has 0 atom stereocenters. The highest BCUT2D eigenvalue weighted by atomic mass is 32.1. The Hall–Kier alpha value is -3.18. The molecule has 2 aliphatic rings. The van der Waals surface area contributed by atoms with E-state index in [-0.39, 0.29) is 0 Å². The highest BCUT2D eigenvalue weighted by molar-refractivity contribution is 7.80. The topological polar surface area (TPSA) is 51.0 Å². The Bertz CT molecular complexity index is 1140. The average Bonchev–Trinajstić information content (AvgIpc) is 3.04. The summed E-state index contributed by atoms with van der Waals surface area (Å²) in [5, 5.41) is 5.91. The number of fused-ring (bicyclic) bond motifs is 2. The van der Waals surface area contributed by atoms with Crippen molar-refractivity contribution in [3.63, 3.8) is 0 Å². The second-order valence-electron chi connectivity index (χ2n) is 5.73. The van der Waals surface area contributed by atoms with Gasteiger partial charge in [0.05, 0.1) is 11.1 Å². The lowest BCUT2D eigenvalue weighted by atomic mass is 10.0. The maximum absolute atomic E-state index is 12.0. The lowest BCUT2D eigenvalue weighted by Gasteiger charge is -2.07. The molecule has 0 spiro atoms. The van der Waals surface area contributed by atoms with Gasteiger partial charge in [0.1, 0.15) is 5.71 Å². The first-order chi connectivity index (χ1) is 12.7. The molecular formula is C21H14N2O2S. The highest BCUT2D eigenvalue weighted by Crippen LogP contribution is 2.20. The quantitative estimate of drug-likeness (QED) is 0.397. The van der Waals surface area contributed by atoms with Crippen LogP contribution in [0.2, 0.25) is 0 Å². The van der Waals surface area contributed by atoms with Crippen LogP contribution in [-0.4, -0.2) is 11.7 Å². The molecule has 0 saturated heterocycles. The first kappa shape index (κ1) is 16.3. The van der Waals surface area contributed by atoms with Gasteiger partial charge in [0.2, 0.25) is 0 Å². The minimum atomic E-state index is -0.546. The van der Waals surface area contributed by atoms with Gasteiger partial charge in [-0.15, -0.1) is 12.6 Å². The van der Waals surface area contributed by atoms with Crippen molar-refractivity contribution in [3.05, 3.63) is 94.7 Å². The number of benzene rings is 2. The fourth-order valence-corrected chi connectivity index (χ4v) is 3.04. The van der Waals surface area contributed by atoms with Gasteiger partial charge in [-0.3, -0.25) is 0 Å². The van der Waals surface area contributed by atoms with Gasteiger partial charge in [0.25, 0.3) is 0 Å². The van der Waals surface area contributed by atoms with Crippen LogP contribution in [0.1, 0.15) is 5.56 Å². The maximum Gasteiger partial charge on any atom is 0.358 e. The number of carbonyl (C=O) groups excluding carboxylic acids is 1. The largest absolute Gasteiger partial charge is 0.358 e. The van der Waals surface area contributed by atoms with Crippen LogP contribution in [0.3, 0.4) is 0 Å². The second-order valence-corrected chi connectivity index (χ2v) is 6.25. The molecule has 2 aromatic rings. The van der Waals surface area contributed by atoms with Crippen molar-refractivity contribution in [2.24, 2.45) is 10.1 Å². The van der Waals surface area contributed by atoms with Crippen LogP contribution >= 0.6 is 12.6 Å². The van der Waals surface area contributed by atoms with Crippen LogP contribution in [0, 0.1) is 0 Å². The Kier molecular flexibility index (Phi) is 4.37. The van der Waals surface area contributed by atoms with Crippen molar-refractivity contribution in [2.45, 2.75) is 4.90 Å². The van der Waals surface area contributed by atoms with E-state index in [4.69, 9.17) is 4.84 Å². The smallest absolute Gasteiger partial charge is 0.313 e. The van der Waals surface area contributed by atoms with Crippen LogP contribution in [0.15, 0.2) is 93.6 Å². The van der Waals surface area contributed by atoms with E-state index in [1.807, 2.05) is 60.7 Å². The molecular weight excluding hydrogens is 344 g/mol. The molecule has 0 aromatic heterocycles. The first-order valence-electron chi connectivity index (χ1n) is 8.04. The van der Waals surface area contributed by atoms with Gasteiger partial charge in [-0.2, -0.15) is 0 Å². The van der Waals surface area contributed by atoms with Crippen molar-refractivity contribution >= 4 is 36.0 Å². The van der Waals surface area contributed by atoms with E-state index in [1.54, 1.807) is 12.2 Å². The van der Waals surface area contributed by atoms with Gasteiger partial charge in [0.15, 0.2) is 0 Å². The molecule has 0 unspecified atom stereocenters. The number of hydrogen-bond acceptors (Lipinski definition) is 5. The lowest BCUT2D eigenvalue weighted by Crippen LogP contribution is -2.24. The first-order valence-corrected chi connectivity index (χ1v) is 8.49. The van der Waals surface area contributed by atoms with E-state index in [0.29, 0.717) is 5.71 Å². The van der Waals surface area contributed by atoms with Crippen molar-refractivity contribution in [3.8, 4) is 0 Å². The number of carbonyl (C=O) groups is 1. The molecule has 1 aliphatic carbocycles. The molecule has 26 heavy (non-hydrogen) atoms. The van der Waals surface area contributed by atoms with Crippen LogP contribution in [0.25, 0.3) is 11.6 Å². The van der Waals surface area contributed by atoms with E-state index in [0.717, 1.165) is 32.3 Å². The zero-order chi connectivity index (χ0) is 17.9. The third-order valence-corrected chi connectivity index (χ3v) is 4.23. The summed E-state index contributed by atoms with van der Waals surface area (Å²) in [4.78, 5) is 22.4. The minimum Gasteiger partial charge on any atom is -0.313 e. The number of nitrogens with zero attached hydrogens (tertiary/aromatic N) is 2. The van der Waals surface area contributed by atoms with Crippen molar-refractivity contribution < 1.29 is 9.63 Å². The van der Waals surface area contributed by atoms with E-state index >= 15 is 0 Å². The molecule has 1 aliphatic heterocycles. The van der Waals surface area contributed by atoms with Crippen LogP contribution in [0.4, 0.5) is 0 Å². The Labute approximate surface area is 155 Å². The Morgan fingerprint density at radius 1 is 1.15 bits per heavy atom. The SMILES string of the molecule is O=C(C=Cc1cccc(S)c1)ON=C1C=CC=C2N=c3ccccc3=C21. The predicted molar refractivity (Wildman–Crippen MR) is 104 cm³/mol. The molecule has 126 valence electrons. The van der Waals surface area contributed by atoms with Crippen LogP contribution in [-0.2, 0) is 9.63 Å². The number of hydrogen-bond donors (Lipinski definition) is 1. The molecule has 0 radical (unpaired) electrons. The summed E-state index contributed by atoms with van der Waals surface area (Å²) in [6.07, 6.45) is 8.57. The summed E-state index contributed by atoms with van der Waals surface area (Å²) < 4.78 is 0. The van der Waals surface area contributed by atoms with Gasteiger partial charge in [-0.1, -0.05) is 41.6 Å². The summed E-state index contributed by atoms with van der Waals surface area (Å²) in [6.45, 7) is 0. The number of para-hydroxylation sites is 1. The van der Waals surface area contributed by atoms with Gasteiger partial charge in [-0.05, 0) is 42.0 Å².